The number of benzene rings is 6. The summed E-state index contributed by atoms with van der Waals surface area (Å²) in [5.41, 5.74) is 6.33. The lowest BCUT2D eigenvalue weighted by Crippen LogP contribution is -2.43. The number of amides is 3. The zero-order valence-electron chi connectivity index (χ0n) is 57.9. The van der Waals surface area contributed by atoms with E-state index in [1.807, 2.05) is 72.8 Å². The Labute approximate surface area is 590 Å². The largest absolute Gasteiger partial charge is 0.307 e. The second-order valence-corrected chi connectivity index (χ2v) is 29.9. The van der Waals surface area contributed by atoms with E-state index in [2.05, 4.69) is 30.0 Å². The summed E-state index contributed by atoms with van der Waals surface area (Å²) in [6, 6.07) is 32.5. The summed E-state index contributed by atoms with van der Waals surface area (Å²) in [4.78, 5) is 54.2. The van der Waals surface area contributed by atoms with Gasteiger partial charge in [-0.1, -0.05) is 93.1 Å². The minimum Gasteiger partial charge on any atom is -0.307 e. The topological polar surface area (TPSA) is 124 Å². The predicted octanol–water partition coefficient (Wildman–Crippen LogP) is 14.4. The second kappa shape index (κ2) is 26.9. The summed E-state index contributed by atoms with van der Waals surface area (Å²) in [5, 5.41) is 12.2. The average molecular weight is 1390 g/mol. The van der Waals surface area contributed by atoms with Gasteiger partial charge in [0, 0.05) is 145 Å². The summed E-state index contributed by atoms with van der Waals surface area (Å²) < 4.78 is 95.2. The third-order valence-corrected chi connectivity index (χ3v) is 24.0. The normalized spacial score (nSPS) is 22.9. The van der Waals surface area contributed by atoms with Gasteiger partial charge in [0.1, 0.15) is 34.9 Å². The van der Waals surface area contributed by atoms with Gasteiger partial charge in [-0.25, -0.2) is 26.3 Å². The highest BCUT2D eigenvalue weighted by atomic mass is 19.1. The molecular weight excluding hydrogens is 1300 g/mol. The Morgan fingerprint density at radius 1 is 0.373 bits per heavy atom. The number of rotatable bonds is 12. The number of hydrogen-bond donors (Lipinski definition) is 0. The zero-order valence-corrected chi connectivity index (χ0v) is 57.9. The number of anilines is 3. The van der Waals surface area contributed by atoms with Crippen LogP contribution >= 0.6 is 0 Å². The number of aromatic nitrogens is 6. The van der Waals surface area contributed by atoms with Gasteiger partial charge in [0.05, 0.1) is 54.5 Å². The maximum Gasteiger partial charge on any atom is 0.239 e. The molecule has 3 saturated carbocycles. The van der Waals surface area contributed by atoms with Crippen LogP contribution in [0.3, 0.4) is 0 Å². The Morgan fingerprint density at radius 2 is 0.637 bits per heavy atom. The van der Waals surface area contributed by atoms with E-state index in [9.17, 15) is 27.6 Å². The lowest BCUT2D eigenvalue weighted by Gasteiger charge is -2.27. The van der Waals surface area contributed by atoms with Gasteiger partial charge in [0.25, 0.3) is 0 Å². The van der Waals surface area contributed by atoms with Crippen LogP contribution in [0.5, 0.6) is 0 Å². The van der Waals surface area contributed by atoms with Crippen LogP contribution in [0.25, 0.3) is 33.4 Å². The quantitative estimate of drug-likeness (QED) is 0.110. The van der Waals surface area contributed by atoms with Crippen molar-refractivity contribution in [3.05, 3.63) is 215 Å². The molecule has 3 aliphatic carbocycles. The van der Waals surface area contributed by atoms with Gasteiger partial charge in [-0.15, -0.1) is 0 Å². The molecule has 3 aromatic heterocycles. The smallest absolute Gasteiger partial charge is 0.239 e. The van der Waals surface area contributed by atoms with Gasteiger partial charge < -0.3 is 14.7 Å². The van der Waals surface area contributed by atoms with E-state index in [1.54, 1.807) is 68.5 Å². The molecule has 18 rings (SSSR count). The molecule has 15 nitrogen and oxygen atoms in total. The van der Waals surface area contributed by atoms with Crippen LogP contribution in [0.15, 0.2) is 146 Å². The van der Waals surface area contributed by atoms with E-state index in [-0.39, 0.29) is 70.7 Å². The SMILES string of the molecule is Cn1cc(-c2cc(F)c(CN3C(=O)C4(CCN(C5CCCC5)C4)c4ccccc43)cc2F)cn1.Cn1cc(-c2cc(F)c(CN3C(=O)C4(CCN(C5CCCC5)C4)c4ccccc43)cc2F)cn1.Cn1cc(-c2cc(F)c(CN3C(=O)C4(CCN(C5CCCC5)C4)c4ccccc43)cc2F)cn1. The van der Waals surface area contributed by atoms with Crippen LogP contribution < -0.4 is 14.7 Å². The number of carbonyl (C=O) groups excluding carboxylic acids is 3. The first-order chi connectivity index (χ1) is 49.4. The van der Waals surface area contributed by atoms with Crippen molar-refractivity contribution in [3.63, 3.8) is 0 Å². The van der Waals surface area contributed by atoms with Gasteiger partial charge in [0.15, 0.2) is 0 Å². The van der Waals surface area contributed by atoms with Crippen molar-refractivity contribution in [1.29, 1.82) is 0 Å². The van der Waals surface area contributed by atoms with Gasteiger partial charge >= 0.3 is 0 Å². The average Bonchev–Trinajstić information content (AvgIpc) is 1.58. The second-order valence-electron chi connectivity index (χ2n) is 29.9. The summed E-state index contributed by atoms with van der Waals surface area (Å²) in [6.07, 6.45) is 26.5. The Balaban J connectivity index is 0.000000118. The fraction of sp³-hybridized carbons (Fsp3) is 0.407. The summed E-state index contributed by atoms with van der Waals surface area (Å²) in [5.74, 6) is -3.12. The first-order valence-electron chi connectivity index (χ1n) is 36.3. The maximum absolute atomic E-state index is 15.2. The third kappa shape index (κ3) is 11.8. The van der Waals surface area contributed by atoms with E-state index in [4.69, 9.17) is 0 Å². The third-order valence-electron chi connectivity index (χ3n) is 24.0. The molecular formula is C81H84F6N12O3. The number of hydrogen-bond acceptors (Lipinski definition) is 9. The molecule has 9 aliphatic rings. The molecule has 3 spiro atoms. The van der Waals surface area contributed by atoms with Crippen LogP contribution in [0.2, 0.25) is 0 Å². The Hall–Kier alpha value is -9.18. The van der Waals surface area contributed by atoms with E-state index in [0.717, 1.165) is 72.6 Å². The molecule has 0 radical (unpaired) electrons. The summed E-state index contributed by atoms with van der Waals surface area (Å²) in [7, 11) is 5.19. The van der Waals surface area contributed by atoms with Crippen LogP contribution in [0, 0.1) is 34.9 Å². The number of aryl methyl sites for hydroxylation is 3. The monoisotopic (exact) mass is 1390 g/mol. The molecule has 102 heavy (non-hydrogen) atoms. The molecule has 21 heteroatoms. The summed E-state index contributed by atoms with van der Waals surface area (Å²) in [6.45, 7) is 4.87. The molecule has 3 unspecified atom stereocenters. The predicted molar refractivity (Wildman–Crippen MR) is 379 cm³/mol. The highest BCUT2D eigenvalue weighted by molar-refractivity contribution is 6.10. The molecule has 9 heterocycles. The highest BCUT2D eigenvalue weighted by Gasteiger charge is 2.58. The van der Waals surface area contributed by atoms with Crippen molar-refractivity contribution in [2.75, 3.05) is 54.0 Å². The van der Waals surface area contributed by atoms with E-state index < -0.39 is 51.1 Å². The molecule has 3 saturated heterocycles. The van der Waals surface area contributed by atoms with Crippen LogP contribution in [0.4, 0.5) is 43.4 Å². The maximum atomic E-state index is 15.2. The fourth-order valence-corrected chi connectivity index (χ4v) is 18.7. The van der Waals surface area contributed by atoms with E-state index in [1.165, 1.54) is 132 Å². The Bertz CT molecular complexity index is 4260. The molecule has 9 aromatic rings. The molecule has 528 valence electrons. The van der Waals surface area contributed by atoms with Crippen LogP contribution in [-0.2, 0) is 71.4 Å². The number of nitrogens with zero attached hydrogens (tertiary/aromatic N) is 12. The Morgan fingerprint density at radius 3 is 0.892 bits per heavy atom. The standard InChI is InChI=1S/3C27H28F2N4O/c3*1-31-15-19(14-30-31)21-13-23(28)18(12-24(21)29)16-33-25-9-5-4-8-22(25)27(26(33)34)10-11-32(17-27)20-6-2-3-7-20/h3*4-5,8-9,12-15,20H,2-3,6-7,10-11,16-17H2,1H3. The molecule has 3 atom stereocenters. The van der Waals surface area contributed by atoms with Crippen molar-refractivity contribution in [3.8, 4) is 33.4 Å². The highest BCUT2D eigenvalue weighted by Crippen LogP contribution is 2.53. The van der Waals surface area contributed by atoms with Crippen molar-refractivity contribution in [2.24, 2.45) is 21.1 Å². The van der Waals surface area contributed by atoms with E-state index >= 15 is 13.2 Å². The van der Waals surface area contributed by atoms with Gasteiger partial charge in [-0.05, 0) is 149 Å². The molecule has 0 N–H and O–H groups in total. The molecule has 6 aromatic carbocycles. The fourth-order valence-electron chi connectivity index (χ4n) is 18.7. The van der Waals surface area contributed by atoms with Gasteiger partial charge in [-0.3, -0.25) is 43.1 Å². The zero-order chi connectivity index (χ0) is 70.3. The van der Waals surface area contributed by atoms with E-state index in [0.29, 0.717) is 54.5 Å². The Kier molecular flexibility index (Phi) is 17.7. The van der Waals surface area contributed by atoms with Gasteiger partial charge in [0.2, 0.25) is 17.7 Å². The van der Waals surface area contributed by atoms with Crippen LogP contribution in [0.1, 0.15) is 130 Å². The molecule has 3 amide bonds. The van der Waals surface area contributed by atoms with Gasteiger partial charge in [-0.2, -0.15) is 15.3 Å². The van der Waals surface area contributed by atoms with Crippen molar-refractivity contribution in [2.45, 2.75) is 150 Å². The minimum absolute atomic E-state index is 0.00495. The lowest BCUT2D eigenvalue weighted by atomic mass is 9.81. The van der Waals surface area contributed by atoms with Crippen molar-refractivity contribution in [1.82, 2.24) is 44.0 Å². The number of carbonyl (C=O) groups is 3. The number of para-hydroxylation sites is 3. The molecule has 6 fully saturated rings. The molecule has 6 aliphatic heterocycles. The number of fused-ring (bicyclic) bond motifs is 6. The first kappa shape index (κ1) is 67.3. The number of likely N-dealkylation sites (tertiary alicyclic amines) is 3. The van der Waals surface area contributed by atoms with Crippen LogP contribution in [-0.4, -0.2) is 119 Å². The first-order valence-corrected chi connectivity index (χ1v) is 36.3. The lowest BCUT2D eigenvalue weighted by molar-refractivity contribution is -0.123. The van der Waals surface area contributed by atoms with Crippen molar-refractivity contribution < 1.29 is 40.7 Å². The molecule has 0 bridgehead atoms. The summed E-state index contributed by atoms with van der Waals surface area (Å²) >= 11 is 0. The van der Waals surface area contributed by atoms with Crippen molar-refractivity contribution >= 4 is 34.8 Å². The minimum atomic E-state index is -0.593. The number of halogens is 6.